The normalized spacial score (nSPS) is 12.8. The molecule has 1 aliphatic rings. The molecule has 1 aliphatic heterocycles. The number of nitrogens with zero attached hydrogens (tertiary/aromatic N) is 4. The van der Waals surface area contributed by atoms with Gasteiger partial charge in [-0.2, -0.15) is 4.98 Å². The summed E-state index contributed by atoms with van der Waals surface area (Å²) in [6, 6.07) is 11.6. The first-order valence-corrected chi connectivity index (χ1v) is 12.7. The fourth-order valence-corrected chi connectivity index (χ4v) is 4.08. The molecule has 1 aromatic heterocycles. The molecule has 0 unspecified atom stereocenters. The summed E-state index contributed by atoms with van der Waals surface area (Å²) >= 11 is 0. The lowest BCUT2D eigenvalue weighted by molar-refractivity contribution is -0.152. The summed E-state index contributed by atoms with van der Waals surface area (Å²) in [5, 5.41) is 5.80. The van der Waals surface area contributed by atoms with Crippen molar-refractivity contribution in [1.82, 2.24) is 9.97 Å². The van der Waals surface area contributed by atoms with Crippen molar-refractivity contribution in [2.75, 3.05) is 41.2 Å². The molecule has 0 aliphatic carbocycles. The van der Waals surface area contributed by atoms with Gasteiger partial charge in [-0.25, -0.2) is 9.78 Å². The summed E-state index contributed by atoms with van der Waals surface area (Å²) in [5.74, 6) is 0.408. The van der Waals surface area contributed by atoms with Gasteiger partial charge in [0, 0.05) is 30.0 Å². The van der Waals surface area contributed by atoms with E-state index in [9.17, 15) is 14.4 Å². The van der Waals surface area contributed by atoms with Crippen molar-refractivity contribution < 1.29 is 28.6 Å². The van der Waals surface area contributed by atoms with Crippen LogP contribution in [0.25, 0.3) is 0 Å². The third kappa shape index (κ3) is 6.90. The zero-order valence-corrected chi connectivity index (χ0v) is 23.6. The van der Waals surface area contributed by atoms with Crippen molar-refractivity contribution in [3.05, 3.63) is 66.9 Å². The van der Waals surface area contributed by atoms with Crippen LogP contribution in [-0.2, 0) is 20.9 Å². The van der Waals surface area contributed by atoms with E-state index in [-0.39, 0.29) is 30.8 Å². The van der Waals surface area contributed by atoms with E-state index in [4.69, 9.17) is 14.2 Å². The van der Waals surface area contributed by atoms with Crippen LogP contribution in [0, 0.1) is 0 Å². The molecular weight excluding hydrogens is 528 g/mol. The van der Waals surface area contributed by atoms with Gasteiger partial charge in [0.25, 0.3) is 0 Å². The van der Waals surface area contributed by atoms with Crippen LogP contribution in [0.5, 0.6) is 11.5 Å². The highest BCUT2D eigenvalue weighted by Gasteiger charge is 2.36. The number of carbonyl (C=O) groups excluding carboxylic acids is 3. The number of rotatable bonds is 9. The Labute approximate surface area is 237 Å². The topological polar surface area (TPSA) is 135 Å². The first kappa shape index (κ1) is 28.9. The Hall–Kier alpha value is -5.13. The number of methoxy groups -OCH3 is 2. The number of carbonyl (C=O) groups is 3. The summed E-state index contributed by atoms with van der Waals surface area (Å²) in [4.78, 5) is 50.4. The van der Waals surface area contributed by atoms with Gasteiger partial charge in [-0.1, -0.05) is 18.7 Å². The quantitative estimate of drug-likeness (QED) is 0.283. The van der Waals surface area contributed by atoms with E-state index in [0.717, 1.165) is 6.08 Å². The Morgan fingerprint density at radius 1 is 1.07 bits per heavy atom. The van der Waals surface area contributed by atoms with Crippen LogP contribution in [0.3, 0.4) is 0 Å². The summed E-state index contributed by atoms with van der Waals surface area (Å²) in [7, 11) is 3.04. The molecule has 2 N–H and O–H groups in total. The van der Waals surface area contributed by atoms with Gasteiger partial charge in [0.15, 0.2) is 0 Å². The maximum Gasteiger partial charge on any atom is 0.331 e. The van der Waals surface area contributed by atoms with Crippen molar-refractivity contribution in [3.8, 4) is 11.5 Å². The van der Waals surface area contributed by atoms with Crippen LogP contribution < -0.4 is 29.9 Å². The van der Waals surface area contributed by atoms with Gasteiger partial charge >= 0.3 is 12.0 Å². The number of nitrogens with one attached hydrogen (secondary N) is 2. The highest BCUT2D eigenvalue weighted by molar-refractivity contribution is 6.08. The molecule has 41 heavy (non-hydrogen) atoms. The van der Waals surface area contributed by atoms with E-state index in [1.54, 1.807) is 69.4 Å². The molecule has 0 saturated heterocycles. The maximum atomic E-state index is 13.9. The number of amides is 3. The van der Waals surface area contributed by atoms with Gasteiger partial charge < -0.3 is 24.8 Å². The molecule has 214 valence electrons. The summed E-state index contributed by atoms with van der Waals surface area (Å²) < 4.78 is 16.3. The van der Waals surface area contributed by atoms with Crippen molar-refractivity contribution in [2.45, 2.75) is 32.9 Å². The Kier molecular flexibility index (Phi) is 8.41. The number of benzene rings is 2. The lowest BCUT2D eigenvalue weighted by Crippen LogP contribution is -2.50. The summed E-state index contributed by atoms with van der Waals surface area (Å²) in [6.07, 6.45) is 2.74. The lowest BCUT2D eigenvalue weighted by atomic mass is 10.1. The van der Waals surface area contributed by atoms with Crippen molar-refractivity contribution >= 4 is 46.7 Å². The van der Waals surface area contributed by atoms with Gasteiger partial charge in [0.1, 0.15) is 29.5 Å². The van der Waals surface area contributed by atoms with Crippen LogP contribution in [0.2, 0.25) is 0 Å². The van der Waals surface area contributed by atoms with Gasteiger partial charge in [-0.05, 0) is 39.0 Å². The van der Waals surface area contributed by atoms with Gasteiger partial charge in [-0.15, -0.1) is 0 Å². The smallest absolute Gasteiger partial charge is 0.331 e. The number of fused-ring (bicyclic) bond motifs is 1. The van der Waals surface area contributed by atoms with Crippen LogP contribution >= 0.6 is 0 Å². The number of hydrogen-bond donors (Lipinski definition) is 2. The fourth-order valence-electron chi connectivity index (χ4n) is 4.08. The zero-order valence-electron chi connectivity index (χ0n) is 23.6. The first-order chi connectivity index (χ1) is 19.5. The molecule has 2 aromatic carbocycles. The van der Waals surface area contributed by atoms with Gasteiger partial charge in [0.2, 0.25) is 11.9 Å². The molecule has 0 saturated carbocycles. The second-order valence-electron chi connectivity index (χ2n) is 10.0. The molecule has 3 aromatic rings. The molecule has 0 bridgehead atoms. The standard InChI is InChI=1S/C29H32N6O6/c1-7-24(36)31-22-10-8-9-11-23(22)32-27-30-15-18-16-34(19-12-20(39-5)14-21(13-19)40-6)28(38)35(26(18)33-27)17-25(37)41-29(2,3)4/h7-15H,1,16-17H2,2-6H3,(H,31,36)(H,30,32,33). The average Bonchev–Trinajstić information content (AvgIpc) is 2.94. The number of aromatic nitrogens is 2. The van der Waals surface area contributed by atoms with Crippen LogP contribution in [-0.4, -0.2) is 54.2 Å². The predicted octanol–water partition coefficient (Wildman–Crippen LogP) is 4.65. The van der Waals surface area contributed by atoms with E-state index >= 15 is 0 Å². The van der Waals surface area contributed by atoms with Crippen LogP contribution in [0.1, 0.15) is 26.3 Å². The van der Waals surface area contributed by atoms with Crippen LogP contribution in [0.15, 0.2) is 61.3 Å². The van der Waals surface area contributed by atoms with E-state index < -0.39 is 17.6 Å². The Morgan fingerprint density at radius 3 is 2.34 bits per heavy atom. The fraction of sp³-hybridized carbons (Fsp3) is 0.276. The molecule has 0 spiro atoms. The third-order valence-corrected chi connectivity index (χ3v) is 5.86. The molecule has 3 amide bonds. The van der Waals surface area contributed by atoms with E-state index in [0.29, 0.717) is 34.1 Å². The Balaban J connectivity index is 1.73. The van der Waals surface area contributed by atoms with Crippen molar-refractivity contribution in [1.29, 1.82) is 0 Å². The highest BCUT2D eigenvalue weighted by atomic mass is 16.6. The molecule has 0 atom stereocenters. The zero-order chi connectivity index (χ0) is 29.7. The second-order valence-corrected chi connectivity index (χ2v) is 10.0. The monoisotopic (exact) mass is 560 g/mol. The van der Waals surface area contributed by atoms with Gasteiger partial charge in [0.05, 0.1) is 37.8 Å². The molecule has 0 fully saturated rings. The second kappa shape index (κ2) is 11.9. The predicted molar refractivity (Wildman–Crippen MR) is 155 cm³/mol. The number of urea groups is 1. The largest absolute Gasteiger partial charge is 0.497 e. The molecule has 12 heteroatoms. The SMILES string of the molecule is C=CC(=O)Nc1ccccc1Nc1ncc2c(n1)N(CC(=O)OC(C)(C)C)C(=O)N(c1cc(OC)cc(OC)c1)C2. The molecule has 12 nitrogen and oxygen atoms in total. The minimum absolute atomic E-state index is 0.127. The molecular formula is C29H32N6O6. The minimum atomic E-state index is -0.753. The van der Waals surface area contributed by atoms with E-state index in [1.165, 1.54) is 24.0 Å². The Bertz CT molecular complexity index is 1460. The number of hydrogen-bond acceptors (Lipinski definition) is 9. The molecule has 2 heterocycles. The summed E-state index contributed by atoms with van der Waals surface area (Å²) in [6.45, 7) is 8.46. The molecule has 4 rings (SSSR count). The average molecular weight is 561 g/mol. The highest BCUT2D eigenvalue weighted by Crippen LogP contribution is 2.35. The Morgan fingerprint density at radius 2 is 1.73 bits per heavy atom. The van der Waals surface area contributed by atoms with Crippen molar-refractivity contribution in [2.24, 2.45) is 0 Å². The van der Waals surface area contributed by atoms with E-state index in [1.807, 2.05) is 0 Å². The number of para-hydroxylation sites is 2. The van der Waals surface area contributed by atoms with Gasteiger partial charge in [-0.3, -0.25) is 19.4 Å². The minimum Gasteiger partial charge on any atom is -0.497 e. The van der Waals surface area contributed by atoms with E-state index in [2.05, 4.69) is 27.2 Å². The summed E-state index contributed by atoms with van der Waals surface area (Å²) in [5.41, 5.74) is 1.34. The van der Waals surface area contributed by atoms with Crippen molar-refractivity contribution in [3.63, 3.8) is 0 Å². The third-order valence-electron chi connectivity index (χ3n) is 5.86. The van der Waals surface area contributed by atoms with Crippen LogP contribution in [0.4, 0.5) is 33.6 Å². The number of esters is 1. The molecule has 0 radical (unpaired) electrons. The number of ether oxygens (including phenoxy) is 3. The number of anilines is 5. The maximum absolute atomic E-state index is 13.9. The first-order valence-electron chi connectivity index (χ1n) is 12.7. The lowest BCUT2D eigenvalue weighted by Gasteiger charge is -2.36.